The maximum Gasteiger partial charge on any atom is 0.311 e. The van der Waals surface area contributed by atoms with Gasteiger partial charge in [-0.1, -0.05) is 12.8 Å². The SMILES string of the molecule is CC1(C(=O)O)CCCCC1NC(=O)c1cc2n(n1)CCCC2=O. The Morgan fingerprint density at radius 2 is 2.17 bits per heavy atom. The van der Waals surface area contributed by atoms with Crippen molar-refractivity contribution in [1.29, 1.82) is 0 Å². The maximum absolute atomic E-state index is 12.5. The summed E-state index contributed by atoms with van der Waals surface area (Å²) in [5.41, 5.74) is -0.303. The average molecular weight is 319 g/mol. The van der Waals surface area contributed by atoms with Crippen LogP contribution in [0.25, 0.3) is 0 Å². The average Bonchev–Trinajstić information content (AvgIpc) is 2.95. The van der Waals surface area contributed by atoms with E-state index in [-0.39, 0.29) is 11.5 Å². The predicted molar refractivity (Wildman–Crippen MR) is 81.3 cm³/mol. The van der Waals surface area contributed by atoms with Crippen LogP contribution < -0.4 is 5.32 Å². The molecule has 1 fully saturated rings. The summed E-state index contributed by atoms with van der Waals surface area (Å²) in [6.07, 6.45) is 4.14. The largest absolute Gasteiger partial charge is 0.481 e. The maximum atomic E-state index is 12.5. The van der Waals surface area contributed by atoms with E-state index in [1.54, 1.807) is 11.6 Å². The summed E-state index contributed by atoms with van der Waals surface area (Å²) >= 11 is 0. The smallest absolute Gasteiger partial charge is 0.311 e. The third-order valence-corrected chi connectivity index (χ3v) is 5.07. The van der Waals surface area contributed by atoms with E-state index < -0.39 is 23.3 Å². The molecule has 1 aromatic heterocycles. The lowest BCUT2D eigenvalue weighted by molar-refractivity contribution is -0.151. The summed E-state index contributed by atoms with van der Waals surface area (Å²) in [7, 11) is 0. The molecule has 0 saturated heterocycles. The van der Waals surface area contributed by atoms with Gasteiger partial charge in [0.15, 0.2) is 11.5 Å². The minimum Gasteiger partial charge on any atom is -0.481 e. The number of aryl methyl sites for hydroxylation is 1. The third-order valence-electron chi connectivity index (χ3n) is 5.07. The molecule has 7 heteroatoms. The number of carbonyl (C=O) groups is 3. The number of carbonyl (C=O) groups excluding carboxylic acids is 2. The second kappa shape index (κ2) is 5.79. The summed E-state index contributed by atoms with van der Waals surface area (Å²) in [4.78, 5) is 35.9. The molecule has 1 aromatic rings. The number of fused-ring (bicyclic) bond motifs is 1. The van der Waals surface area contributed by atoms with Crippen molar-refractivity contribution in [1.82, 2.24) is 15.1 Å². The molecule has 1 saturated carbocycles. The van der Waals surface area contributed by atoms with E-state index in [1.807, 2.05) is 0 Å². The number of rotatable bonds is 3. The molecule has 23 heavy (non-hydrogen) atoms. The number of carboxylic acid groups (broad SMARTS) is 1. The van der Waals surface area contributed by atoms with Crippen LogP contribution in [0.4, 0.5) is 0 Å². The Hall–Kier alpha value is -2.18. The highest BCUT2D eigenvalue weighted by atomic mass is 16.4. The Labute approximate surface area is 134 Å². The van der Waals surface area contributed by atoms with Crippen molar-refractivity contribution in [3.05, 3.63) is 17.5 Å². The molecule has 1 aliphatic heterocycles. The Morgan fingerprint density at radius 1 is 1.39 bits per heavy atom. The lowest BCUT2D eigenvalue weighted by Gasteiger charge is -2.38. The first-order valence-corrected chi connectivity index (χ1v) is 8.07. The fraction of sp³-hybridized carbons (Fsp3) is 0.625. The van der Waals surface area contributed by atoms with Crippen molar-refractivity contribution in [3.8, 4) is 0 Å². The van der Waals surface area contributed by atoms with Gasteiger partial charge >= 0.3 is 5.97 Å². The van der Waals surface area contributed by atoms with Crippen LogP contribution in [0, 0.1) is 5.41 Å². The molecule has 0 radical (unpaired) electrons. The van der Waals surface area contributed by atoms with Gasteiger partial charge in [0, 0.05) is 25.1 Å². The quantitative estimate of drug-likeness (QED) is 0.881. The fourth-order valence-electron chi connectivity index (χ4n) is 3.49. The number of aliphatic carboxylic acids is 1. The van der Waals surface area contributed by atoms with E-state index in [9.17, 15) is 19.5 Å². The standard InChI is InChI=1S/C16H21N3O4/c1-16(15(22)23)7-3-2-6-13(16)17-14(21)10-9-11-12(20)5-4-8-19(11)18-10/h9,13H,2-8H2,1H3,(H,17,21)(H,22,23). The van der Waals surface area contributed by atoms with Crippen molar-refractivity contribution in [2.24, 2.45) is 5.41 Å². The first kappa shape index (κ1) is 15.7. The Morgan fingerprint density at radius 3 is 2.87 bits per heavy atom. The van der Waals surface area contributed by atoms with Gasteiger partial charge in [0.2, 0.25) is 0 Å². The fourth-order valence-corrected chi connectivity index (χ4v) is 3.49. The number of ketones is 1. The monoisotopic (exact) mass is 319 g/mol. The number of nitrogens with zero attached hydrogens (tertiary/aromatic N) is 2. The molecule has 2 N–H and O–H groups in total. The predicted octanol–water partition coefficient (Wildman–Crippen LogP) is 1.62. The van der Waals surface area contributed by atoms with Gasteiger partial charge in [-0.3, -0.25) is 19.1 Å². The summed E-state index contributed by atoms with van der Waals surface area (Å²) < 4.78 is 1.57. The highest BCUT2D eigenvalue weighted by Gasteiger charge is 2.44. The molecule has 2 unspecified atom stereocenters. The summed E-state index contributed by atoms with van der Waals surface area (Å²) in [6.45, 7) is 2.31. The van der Waals surface area contributed by atoms with Gasteiger partial charge in [-0.25, -0.2) is 0 Å². The van der Waals surface area contributed by atoms with E-state index in [1.165, 1.54) is 6.07 Å². The first-order valence-electron chi connectivity index (χ1n) is 8.07. The molecule has 0 aromatic carbocycles. The van der Waals surface area contributed by atoms with E-state index in [0.717, 1.165) is 19.3 Å². The molecule has 1 amide bonds. The number of Topliss-reactive ketones (excluding diaryl/α,β-unsaturated/α-hetero) is 1. The van der Waals surface area contributed by atoms with Gasteiger partial charge in [-0.15, -0.1) is 0 Å². The number of hydrogen-bond donors (Lipinski definition) is 2. The molecule has 0 bridgehead atoms. The Balaban J connectivity index is 1.78. The van der Waals surface area contributed by atoms with Gasteiger partial charge in [0.05, 0.1) is 5.41 Å². The molecule has 1 aliphatic carbocycles. The first-order chi connectivity index (χ1) is 10.9. The summed E-state index contributed by atoms with van der Waals surface area (Å²) in [6, 6.07) is 1.09. The van der Waals surface area contributed by atoms with Crippen LogP contribution in [0.5, 0.6) is 0 Å². The van der Waals surface area contributed by atoms with Crippen molar-refractivity contribution < 1.29 is 19.5 Å². The van der Waals surface area contributed by atoms with Gasteiger partial charge < -0.3 is 10.4 Å². The van der Waals surface area contributed by atoms with Gasteiger partial charge in [0.1, 0.15) is 5.69 Å². The third kappa shape index (κ3) is 2.75. The van der Waals surface area contributed by atoms with Crippen molar-refractivity contribution >= 4 is 17.7 Å². The molecule has 0 spiro atoms. The second-order valence-corrected chi connectivity index (χ2v) is 6.66. The van der Waals surface area contributed by atoms with E-state index in [4.69, 9.17) is 0 Å². The highest BCUT2D eigenvalue weighted by Crippen LogP contribution is 2.36. The topological polar surface area (TPSA) is 101 Å². The van der Waals surface area contributed by atoms with Crippen LogP contribution in [0.15, 0.2) is 6.07 Å². The summed E-state index contributed by atoms with van der Waals surface area (Å²) in [5, 5.41) is 16.5. The Bertz CT molecular complexity index is 666. The number of carboxylic acids is 1. The second-order valence-electron chi connectivity index (χ2n) is 6.66. The van der Waals surface area contributed by atoms with Crippen LogP contribution in [0.2, 0.25) is 0 Å². The molecule has 2 heterocycles. The zero-order valence-corrected chi connectivity index (χ0v) is 13.2. The number of nitrogens with one attached hydrogen (secondary N) is 1. The molecular weight excluding hydrogens is 298 g/mol. The lowest BCUT2D eigenvalue weighted by Crippen LogP contribution is -2.52. The number of amides is 1. The van der Waals surface area contributed by atoms with Crippen molar-refractivity contribution in [2.45, 2.75) is 58.0 Å². The van der Waals surface area contributed by atoms with Crippen molar-refractivity contribution in [2.75, 3.05) is 0 Å². The van der Waals surface area contributed by atoms with Gasteiger partial charge in [-0.2, -0.15) is 5.10 Å². The van der Waals surface area contributed by atoms with Crippen LogP contribution in [0.3, 0.4) is 0 Å². The van der Waals surface area contributed by atoms with E-state index >= 15 is 0 Å². The number of aromatic nitrogens is 2. The molecule has 124 valence electrons. The van der Waals surface area contributed by atoms with Gasteiger partial charge in [-0.05, 0) is 26.2 Å². The zero-order valence-electron chi connectivity index (χ0n) is 13.2. The molecule has 7 nitrogen and oxygen atoms in total. The molecular formula is C16H21N3O4. The number of hydrogen-bond acceptors (Lipinski definition) is 4. The molecule has 2 atom stereocenters. The minimum atomic E-state index is -0.955. The summed E-state index contributed by atoms with van der Waals surface area (Å²) in [5.74, 6) is -1.29. The van der Waals surface area contributed by atoms with Crippen LogP contribution in [0.1, 0.15) is 66.4 Å². The van der Waals surface area contributed by atoms with Crippen LogP contribution >= 0.6 is 0 Å². The van der Waals surface area contributed by atoms with E-state index in [0.29, 0.717) is 31.5 Å². The minimum absolute atomic E-state index is 0.00385. The van der Waals surface area contributed by atoms with E-state index in [2.05, 4.69) is 10.4 Å². The molecule has 3 rings (SSSR count). The van der Waals surface area contributed by atoms with Crippen molar-refractivity contribution in [3.63, 3.8) is 0 Å². The van der Waals surface area contributed by atoms with Gasteiger partial charge in [0.25, 0.3) is 5.91 Å². The van der Waals surface area contributed by atoms with Crippen LogP contribution in [-0.4, -0.2) is 38.6 Å². The normalized spacial score (nSPS) is 27.3. The molecule has 2 aliphatic rings. The van der Waals surface area contributed by atoms with Crippen LogP contribution in [-0.2, 0) is 11.3 Å². The highest BCUT2D eigenvalue weighted by molar-refractivity contribution is 5.99. The lowest BCUT2D eigenvalue weighted by atomic mass is 9.71. The zero-order chi connectivity index (χ0) is 16.6. The Kier molecular flexibility index (Phi) is 3.95.